The van der Waals surface area contributed by atoms with Gasteiger partial charge in [-0.15, -0.1) is 0 Å². The summed E-state index contributed by atoms with van der Waals surface area (Å²) in [7, 11) is 1.37. The van der Waals surface area contributed by atoms with Crippen LogP contribution in [-0.4, -0.2) is 62.0 Å². The van der Waals surface area contributed by atoms with E-state index in [2.05, 4.69) is 10.6 Å². The number of nitrogens with one attached hydrogen (secondary N) is 2. The van der Waals surface area contributed by atoms with Gasteiger partial charge in [0.1, 0.15) is 24.0 Å². The second-order valence-electron chi connectivity index (χ2n) is 9.72. The van der Waals surface area contributed by atoms with Gasteiger partial charge in [-0.05, 0) is 60.6 Å². The zero-order chi connectivity index (χ0) is 30.1. The molecular weight excluding hydrogens is 540 g/mol. The van der Waals surface area contributed by atoms with Crippen LogP contribution in [-0.2, 0) is 14.3 Å². The predicted molar refractivity (Wildman–Crippen MR) is 155 cm³/mol. The highest BCUT2D eigenvalue weighted by Crippen LogP contribution is 2.44. The summed E-state index contributed by atoms with van der Waals surface area (Å²) in [4.78, 5) is 49.3. The van der Waals surface area contributed by atoms with E-state index in [0.29, 0.717) is 12.8 Å². The van der Waals surface area contributed by atoms with Crippen molar-refractivity contribution in [1.29, 1.82) is 0 Å². The molecule has 220 valence electrons. The number of carbonyl (C=O) groups is 4. The quantitative estimate of drug-likeness (QED) is 0.196. The third kappa shape index (κ3) is 6.88. The van der Waals surface area contributed by atoms with Gasteiger partial charge in [-0.2, -0.15) is 0 Å². The molecule has 1 aliphatic rings. The van der Waals surface area contributed by atoms with Gasteiger partial charge in [0.05, 0.1) is 19.3 Å². The molecule has 0 aliphatic heterocycles. The Hall–Kier alpha value is -4.86. The largest absolute Gasteiger partial charge is 0.495 e. The van der Waals surface area contributed by atoms with Gasteiger partial charge in [0.25, 0.3) is 5.91 Å². The maximum Gasteiger partial charge on any atom is 0.407 e. The number of aliphatic carboxylic acids is 1. The van der Waals surface area contributed by atoms with Gasteiger partial charge in [0.2, 0.25) is 0 Å². The fraction of sp³-hybridized carbons (Fsp3) is 0.312. The van der Waals surface area contributed by atoms with E-state index in [1.165, 1.54) is 19.2 Å². The van der Waals surface area contributed by atoms with Crippen molar-refractivity contribution in [2.24, 2.45) is 0 Å². The van der Waals surface area contributed by atoms with Crippen molar-refractivity contribution in [2.45, 2.75) is 38.1 Å². The summed E-state index contributed by atoms with van der Waals surface area (Å²) >= 11 is 0. The number of fused-ring (bicyclic) bond motifs is 3. The first-order chi connectivity index (χ1) is 20.3. The Morgan fingerprint density at radius 3 is 2.12 bits per heavy atom. The van der Waals surface area contributed by atoms with Crippen LogP contribution < -0.4 is 15.4 Å². The van der Waals surface area contributed by atoms with Crippen LogP contribution in [0.2, 0.25) is 0 Å². The molecule has 3 aromatic rings. The van der Waals surface area contributed by atoms with Crippen LogP contribution in [0.25, 0.3) is 11.1 Å². The number of benzene rings is 3. The maximum atomic E-state index is 12.7. The molecule has 0 bridgehead atoms. The summed E-state index contributed by atoms with van der Waals surface area (Å²) in [6.45, 7) is 2.21. The van der Waals surface area contributed by atoms with Gasteiger partial charge in [0.15, 0.2) is 0 Å². The first kappa shape index (κ1) is 30.1. The average Bonchev–Trinajstić information content (AvgIpc) is 3.32. The molecule has 3 N–H and O–H groups in total. The molecule has 10 heteroatoms. The smallest absolute Gasteiger partial charge is 0.407 e. The zero-order valence-electron chi connectivity index (χ0n) is 23.6. The molecule has 0 radical (unpaired) electrons. The summed E-state index contributed by atoms with van der Waals surface area (Å²) < 4.78 is 15.8. The van der Waals surface area contributed by atoms with Crippen LogP contribution in [0.1, 0.15) is 63.9 Å². The highest BCUT2D eigenvalue weighted by atomic mass is 16.5. The van der Waals surface area contributed by atoms with E-state index in [1.807, 2.05) is 48.5 Å². The van der Waals surface area contributed by atoms with Crippen LogP contribution in [0.3, 0.4) is 0 Å². The van der Waals surface area contributed by atoms with E-state index in [0.717, 1.165) is 22.3 Å². The molecular formula is C32H34N2O8. The van der Waals surface area contributed by atoms with Crippen molar-refractivity contribution in [3.05, 3.63) is 89.0 Å². The number of carboxylic acid groups (broad SMARTS) is 1. The molecule has 1 atom stereocenters. The van der Waals surface area contributed by atoms with E-state index >= 15 is 0 Å². The molecule has 4 rings (SSSR count). The predicted octanol–water partition coefficient (Wildman–Crippen LogP) is 4.76. The van der Waals surface area contributed by atoms with E-state index < -0.39 is 30.0 Å². The Morgan fingerprint density at radius 2 is 1.50 bits per heavy atom. The number of rotatable bonds is 13. The molecule has 0 spiro atoms. The van der Waals surface area contributed by atoms with Crippen LogP contribution in [0.15, 0.2) is 66.7 Å². The topological polar surface area (TPSA) is 140 Å². The normalized spacial score (nSPS) is 12.4. The number of alkyl carbamates (subject to hydrolysis) is 1. The first-order valence-corrected chi connectivity index (χ1v) is 13.8. The number of carboxylic acids is 1. The maximum absolute atomic E-state index is 12.7. The summed E-state index contributed by atoms with van der Waals surface area (Å²) in [5, 5.41) is 14.8. The van der Waals surface area contributed by atoms with Gasteiger partial charge in [-0.25, -0.2) is 14.4 Å². The number of amides is 2. The Balaban J connectivity index is 1.25. The fourth-order valence-corrected chi connectivity index (χ4v) is 5.12. The van der Waals surface area contributed by atoms with Crippen molar-refractivity contribution in [3.8, 4) is 16.9 Å². The molecule has 0 fully saturated rings. The Labute approximate surface area is 244 Å². The van der Waals surface area contributed by atoms with Crippen molar-refractivity contribution >= 4 is 23.9 Å². The minimum Gasteiger partial charge on any atom is -0.495 e. The number of esters is 1. The molecule has 42 heavy (non-hydrogen) atoms. The van der Waals surface area contributed by atoms with E-state index in [-0.39, 0.29) is 49.0 Å². The van der Waals surface area contributed by atoms with Crippen molar-refractivity contribution in [2.75, 3.05) is 26.9 Å². The lowest BCUT2D eigenvalue weighted by atomic mass is 9.98. The molecule has 3 aromatic carbocycles. The minimum absolute atomic E-state index is 0.0824. The Kier molecular flexibility index (Phi) is 10.1. The van der Waals surface area contributed by atoms with Gasteiger partial charge < -0.3 is 30.0 Å². The standard InChI is InChI=1S/C32H34N2O8/c1-3-41-31(38)25-16-10-15-24(28(25)40-2)29(35)33-18-9-8-17-27(30(36)37)34-32(39)42-19-26-22-13-6-4-11-20(22)21-12-5-7-14-23(21)26/h4-7,10-16,26-27H,3,8-9,17-19H2,1-2H3,(H,33,35)(H,34,39)(H,36,37). The van der Waals surface area contributed by atoms with Crippen LogP contribution >= 0.6 is 0 Å². The number of ether oxygens (including phenoxy) is 3. The molecule has 0 aromatic heterocycles. The first-order valence-electron chi connectivity index (χ1n) is 13.8. The summed E-state index contributed by atoms with van der Waals surface area (Å²) in [5.41, 5.74) is 4.66. The lowest BCUT2D eigenvalue weighted by Gasteiger charge is -2.17. The third-order valence-corrected chi connectivity index (χ3v) is 7.10. The van der Waals surface area contributed by atoms with Crippen molar-refractivity contribution in [1.82, 2.24) is 10.6 Å². The summed E-state index contributed by atoms with van der Waals surface area (Å²) in [6, 6.07) is 19.4. The fourth-order valence-electron chi connectivity index (χ4n) is 5.12. The lowest BCUT2D eigenvalue weighted by Crippen LogP contribution is -2.41. The highest BCUT2D eigenvalue weighted by molar-refractivity contribution is 6.02. The van der Waals surface area contributed by atoms with Crippen molar-refractivity contribution in [3.63, 3.8) is 0 Å². The third-order valence-electron chi connectivity index (χ3n) is 7.10. The molecule has 2 amide bonds. The second-order valence-corrected chi connectivity index (χ2v) is 9.72. The number of hydrogen-bond donors (Lipinski definition) is 3. The number of methoxy groups -OCH3 is 1. The van der Waals surface area contributed by atoms with Gasteiger partial charge >= 0.3 is 18.0 Å². The van der Waals surface area contributed by atoms with E-state index in [9.17, 15) is 24.3 Å². The van der Waals surface area contributed by atoms with Crippen LogP contribution in [0, 0.1) is 0 Å². The molecule has 0 heterocycles. The number of hydrogen-bond acceptors (Lipinski definition) is 7. The van der Waals surface area contributed by atoms with Gasteiger partial charge in [-0.3, -0.25) is 4.79 Å². The lowest BCUT2D eigenvalue weighted by molar-refractivity contribution is -0.139. The average molecular weight is 575 g/mol. The van der Waals surface area contributed by atoms with E-state index in [1.54, 1.807) is 13.0 Å². The van der Waals surface area contributed by atoms with E-state index in [4.69, 9.17) is 14.2 Å². The van der Waals surface area contributed by atoms with Crippen molar-refractivity contribution < 1.29 is 38.5 Å². The highest BCUT2D eigenvalue weighted by Gasteiger charge is 2.30. The molecule has 0 saturated carbocycles. The van der Waals surface area contributed by atoms with Crippen LogP contribution in [0.4, 0.5) is 4.79 Å². The molecule has 1 unspecified atom stereocenters. The minimum atomic E-state index is -1.17. The Bertz CT molecular complexity index is 1410. The number of para-hydroxylation sites is 1. The molecule has 1 aliphatic carbocycles. The molecule has 0 saturated heterocycles. The zero-order valence-corrected chi connectivity index (χ0v) is 23.6. The number of unbranched alkanes of at least 4 members (excludes halogenated alkanes) is 1. The summed E-state index contributed by atoms with van der Waals surface area (Å²) in [6.07, 6.45) is 0.228. The van der Waals surface area contributed by atoms with Gasteiger partial charge in [0, 0.05) is 12.5 Å². The molecule has 10 nitrogen and oxygen atoms in total. The van der Waals surface area contributed by atoms with Gasteiger partial charge in [-0.1, -0.05) is 54.6 Å². The Morgan fingerprint density at radius 1 is 0.857 bits per heavy atom. The number of carbonyl (C=O) groups excluding carboxylic acids is 3. The monoisotopic (exact) mass is 574 g/mol. The second kappa shape index (κ2) is 14.2. The van der Waals surface area contributed by atoms with Crippen LogP contribution in [0.5, 0.6) is 5.75 Å². The SMILES string of the molecule is CCOC(=O)c1cccc(C(=O)NCCCCC(NC(=O)OCC2c3ccccc3-c3ccccc32)C(=O)O)c1OC. The summed E-state index contributed by atoms with van der Waals surface area (Å²) in [5.74, 6) is -2.22.